The van der Waals surface area contributed by atoms with Crippen LogP contribution in [-0.4, -0.2) is 44.5 Å². The van der Waals surface area contributed by atoms with Crippen molar-refractivity contribution in [2.45, 2.75) is 50.5 Å². The van der Waals surface area contributed by atoms with Crippen LogP contribution in [0.4, 0.5) is 0 Å². The van der Waals surface area contributed by atoms with Gasteiger partial charge in [0.05, 0.1) is 31.5 Å². The number of halogens is 1. The molecule has 0 aliphatic carbocycles. The number of guanidine groups is 1. The van der Waals surface area contributed by atoms with Crippen molar-refractivity contribution >= 4 is 29.9 Å². The summed E-state index contributed by atoms with van der Waals surface area (Å²) < 4.78 is 17.5. The Balaban J connectivity index is 0.00000182. The lowest BCUT2D eigenvalue weighted by atomic mass is 9.96. The molecule has 2 fully saturated rings. The maximum atomic E-state index is 5.90. The average Bonchev–Trinajstić information content (AvgIpc) is 3.14. The quantitative estimate of drug-likeness (QED) is 0.413. The Morgan fingerprint density at radius 3 is 2.88 bits per heavy atom. The van der Waals surface area contributed by atoms with Gasteiger partial charge in [-0.1, -0.05) is 12.1 Å². The summed E-state index contributed by atoms with van der Waals surface area (Å²) in [5.74, 6) is 2.49. The van der Waals surface area contributed by atoms with E-state index >= 15 is 0 Å². The number of hydrogen-bond donors (Lipinski definition) is 2. The van der Waals surface area contributed by atoms with Gasteiger partial charge in [0.25, 0.3) is 0 Å². The van der Waals surface area contributed by atoms with Crippen molar-refractivity contribution in [3.8, 4) is 11.5 Å². The van der Waals surface area contributed by atoms with E-state index in [9.17, 15) is 0 Å². The van der Waals surface area contributed by atoms with E-state index in [2.05, 4.69) is 21.7 Å². The lowest BCUT2D eigenvalue weighted by Gasteiger charge is -2.23. The van der Waals surface area contributed by atoms with Crippen LogP contribution in [-0.2, 0) is 11.3 Å². The second-order valence-electron chi connectivity index (χ2n) is 6.58. The molecule has 1 aromatic carbocycles. The van der Waals surface area contributed by atoms with Crippen molar-refractivity contribution in [2.24, 2.45) is 4.99 Å². The minimum atomic E-state index is 0. The van der Waals surface area contributed by atoms with Gasteiger partial charge in [0.1, 0.15) is 0 Å². The van der Waals surface area contributed by atoms with Crippen LogP contribution >= 0.6 is 24.0 Å². The molecule has 3 heterocycles. The molecule has 3 unspecified atom stereocenters. The minimum Gasteiger partial charge on any atom is -0.490 e. The fourth-order valence-electron chi connectivity index (χ4n) is 3.73. The first-order chi connectivity index (χ1) is 11.8. The summed E-state index contributed by atoms with van der Waals surface area (Å²) in [5, 5.41) is 6.89. The molecule has 2 bridgehead atoms. The number of benzene rings is 1. The smallest absolute Gasteiger partial charge is 0.191 e. The summed E-state index contributed by atoms with van der Waals surface area (Å²) in [6.07, 6.45) is 5.09. The number of fused-ring (bicyclic) bond motifs is 3. The highest BCUT2D eigenvalue weighted by Crippen LogP contribution is 2.34. The molecule has 6 nitrogen and oxygen atoms in total. The minimum absolute atomic E-state index is 0. The summed E-state index contributed by atoms with van der Waals surface area (Å²) in [6.45, 7) is 2.05. The van der Waals surface area contributed by atoms with Crippen molar-refractivity contribution in [1.82, 2.24) is 10.6 Å². The molecule has 4 rings (SSSR count). The normalized spacial score (nSPS) is 27.4. The summed E-state index contributed by atoms with van der Waals surface area (Å²) in [6, 6.07) is 6.39. The fourth-order valence-corrected chi connectivity index (χ4v) is 3.73. The number of hydrogen-bond acceptors (Lipinski definition) is 4. The van der Waals surface area contributed by atoms with Crippen molar-refractivity contribution in [1.29, 1.82) is 0 Å². The van der Waals surface area contributed by atoms with Crippen LogP contribution in [0.1, 0.15) is 31.2 Å². The van der Waals surface area contributed by atoms with Crippen molar-refractivity contribution < 1.29 is 14.2 Å². The van der Waals surface area contributed by atoms with Crippen LogP contribution in [0.15, 0.2) is 23.2 Å². The molecule has 0 radical (unpaired) electrons. The monoisotopic (exact) mass is 459 g/mol. The molecule has 3 aliphatic heterocycles. The highest BCUT2D eigenvalue weighted by atomic mass is 127. The number of nitrogens with one attached hydrogen (secondary N) is 2. The fraction of sp³-hybridized carbons (Fsp3) is 0.611. The molecule has 3 atom stereocenters. The molecule has 25 heavy (non-hydrogen) atoms. The van der Waals surface area contributed by atoms with Gasteiger partial charge in [0.2, 0.25) is 0 Å². The Bertz CT molecular complexity index is 626. The SMILES string of the molecule is CN=C(NCc1cccc2c1OCCCO2)NC1CC2CCC1O2.I. The molecule has 2 N–H and O–H groups in total. The lowest BCUT2D eigenvalue weighted by Crippen LogP contribution is -2.47. The van der Waals surface area contributed by atoms with E-state index < -0.39 is 0 Å². The molecule has 3 aliphatic rings. The Labute approximate surface area is 165 Å². The largest absolute Gasteiger partial charge is 0.490 e. The average molecular weight is 459 g/mol. The number of para-hydroxylation sites is 1. The Morgan fingerprint density at radius 1 is 1.24 bits per heavy atom. The van der Waals surface area contributed by atoms with Crippen LogP contribution < -0.4 is 20.1 Å². The van der Waals surface area contributed by atoms with Gasteiger partial charge in [-0.15, -0.1) is 24.0 Å². The van der Waals surface area contributed by atoms with Crippen molar-refractivity contribution in [3.63, 3.8) is 0 Å². The highest BCUT2D eigenvalue weighted by molar-refractivity contribution is 14.0. The second-order valence-corrected chi connectivity index (χ2v) is 6.58. The summed E-state index contributed by atoms with van der Waals surface area (Å²) >= 11 is 0. The Morgan fingerprint density at radius 2 is 2.12 bits per heavy atom. The topological polar surface area (TPSA) is 64.1 Å². The van der Waals surface area contributed by atoms with Gasteiger partial charge >= 0.3 is 0 Å². The van der Waals surface area contributed by atoms with Gasteiger partial charge < -0.3 is 24.8 Å². The van der Waals surface area contributed by atoms with Crippen LogP contribution in [0.3, 0.4) is 0 Å². The van der Waals surface area contributed by atoms with E-state index in [4.69, 9.17) is 14.2 Å². The zero-order valence-electron chi connectivity index (χ0n) is 14.5. The van der Waals surface area contributed by atoms with Gasteiger partial charge in [0.15, 0.2) is 17.5 Å². The molecule has 0 spiro atoms. The third kappa shape index (κ3) is 4.13. The van der Waals surface area contributed by atoms with E-state index in [1.807, 2.05) is 12.1 Å². The molecule has 0 saturated carbocycles. The standard InChI is InChI=1S/C18H25N3O3.HI/c1-19-18(21-14-10-13-6-7-15(14)24-13)20-11-12-4-2-5-16-17(12)23-9-3-8-22-16;/h2,4-5,13-15H,3,6-11H2,1H3,(H2,19,20,21);1H. The van der Waals surface area contributed by atoms with Crippen LogP contribution in [0, 0.1) is 0 Å². The molecule has 0 amide bonds. The first kappa shape index (κ1) is 18.6. The van der Waals surface area contributed by atoms with Crippen molar-refractivity contribution in [3.05, 3.63) is 23.8 Å². The highest BCUT2D eigenvalue weighted by Gasteiger charge is 2.41. The summed E-state index contributed by atoms with van der Waals surface area (Å²) in [4.78, 5) is 4.35. The Kier molecular flexibility index (Phi) is 6.27. The van der Waals surface area contributed by atoms with Crippen LogP contribution in [0.2, 0.25) is 0 Å². The number of ether oxygens (including phenoxy) is 3. The molecular weight excluding hydrogens is 433 g/mol. The molecule has 138 valence electrons. The third-order valence-electron chi connectivity index (χ3n) is 4.95. The van der Waals surface area contributed by atoms with Crippen molar-refractivity contribution in [2.75, 3.05) is 20.3 Å². The van der Waals surface area contributed by atoms with Gasteiger partial charge in [-0.3, -0.25) is 4.99 Å². The van der Waals surface area contributed by atoms with E-state index in [0.29, 0.717) is 38.0 Å². The predicted molar refractivity (Wildman–Crippen MR) is 107 cm³/mol. The maximum absolute atomic E-state index is 5.90. The van der Waals surface area contributed by atoms with E-state index in [-0.39, 0.29) is 24.0 Å². The van der Waals surface area contributed by atoms with Gasteiger partial charge in [0, 0.05) is 25.6 Å². The van der Waals surface area contributed by atoms with Gasteiger partial charge in [-0.25, -0.2) is 0 Å². The molecule has 2 saturated heterocycles. The number of nitrogens with zero attached hydrogens (tertiary/aromatic N) is 1. The molecule has 0 aromatic heterocycles. The zero-order chi connectivity index (χ0) is 16.4. The van der Waals surface area contributed by atoms with Gasteiger partial charge in [-0.2, -0.15) is 0 Å². The molecule has 7 heteroatoms. The van der Waals surface area contributed by atoms with E-state index in [1.54, 1.807) is 7.05 Å². The molecular formula is C18H26IN3O3. The Hall–Kier alpha value is -1.22. The van der Waals surface area contributed by atoms with Crippen LogP contribution in [0.5, 0.6) is 11.5 Å². The first-order valence-corrected chi connectivity index (χ1v) is 8.83. The summed E-state index contributed by atoms with van der Waals surface area (Å²) in [5.41, 5.74) is 1.08. The molecule has 1 aromatic rings. The third-order valence-corrected chi connectivity index (χ3v) is 4.95. The zero-order valence-corrected chi connectivity index (χ0v) is 16.8. The second kappa shape index (κ2) is 8.44. The van der Waals surface area contributed by atoms with Gasteiger partial charge in [-0.05, 0) is 25.3 Å². The number of rotatable bonds is 3. The predicted octanol–water partition coefficient (Wildman–Crippen LogP) is 2.45. The summed E-state index contributed by atoms with van der Waals surface area (Å²) in [7, 11) is 1.80. The van der Waals surface area contributed by atoms with E-state index in [0.717, 1.165) is 42.3 Å². The van der Waals surface area contributed by atoms with E-state index in [1.165, 1.54) is 6.42 Å². The van der Waals surface area contributed by atoms with Crippen LogP contribution in [0.25, 0.3) is 0 Å². The maximum Gasteiger partial charge on any atom is 0.191 e. The lowest BCUT2D eigenvalue weighted by molar-refractivity contribution is 0.0992. The number of aliphatic imine (C=N–C) groups is 1. The first-order valence-electron chi connectivity index (χ1n) is 8.83.